The molecule has 4 fully saturated rings. The monoisotopic (exact) mass is 658 g/mol. The fraction of sp³-hybridized carbons (Fsp3) is 0.686. The van der Waals surface area contributed by atoms with E-state index in [9.17, 15) is 34.2 Å². The molecule has 258 valence electrons. The summed E-state index contributed by atoms with van der Waals surface area (Å²) in [4.78, 5) is 64.3. The summed E-state index contributed by atoms with van der Waals surface area (Å²) in [6.45, 7) is 12.0. The van der Waals surface area contributed by atoms with Crippen LogP contribution in [0.2, 0.25) is 0 Å². The van der Waals surface area contributed by atoms with Crippen molar-refractivity contribution in [1.82, 2.24) is 0 Å². The van der Waals surface area contributed by atoms with Gasteiger partial charge in [-0.2, -0.15) is 0 Å². The van der Waals surface area contributed by atoms with Gasteiger partial charge in [-0.1, -0.05) is 39.0 Å². The molecule has 2 N–H and O–H groups in total. The van der Waals surface area contributed by atoms with E-state index >= 15 is 0 Å². The Hall–Kier alpha value is -3.51. The van der Waals surface area contributed by atoms with Gasteiger partial charge in [0.1, 0.15) is 35.1 Å². The third-order valence-electron chi connectivity index (χ3n) is 11.7. The smallest absolute Gasteiger partial charge is 0.338 e. The van der Waals surface area contributed by atoms with Crippen LogP contribution in [0.3, 0.4) is 0 Å². The van der Waals surface area contributed by atoms with Crippen molar-refractivity contribution in [2.24, 2.45) is 28.6 Å². The SMILES string of the molecule is CC(=O)OC1C2C(OC(=O)c3ccccc3)C(C)CC2(O)C(OC(C)=O)C2(C)C3CC(C)(OC(C)=O)CC(O)C3(OC(C)=O)CC12C. The molecule has 0 amide bonds. The number of ether oxygens (including phenoxy) is 5. The topological polar surface area (TPSA) is 172 Å². The fourth-order valence-corrected chi connectivity index (χ4v) is 10.2. The van der Waals surface area contributed by atoms with Crippen LogP contribution >= 0.6 is 0 Å². The van der Waals surface area contributed by atoms with E-state index in [-0.39, 0.29) is 31.2 Å². The van der Waals surface area contributed by atoms with Gasteiger partial charge in [-0.25, -0.2) is 4.79 Å². The van der Waals surface area contributed by atoms with Gasteiger partial charge in [0, 0.05) is 50.9 Å². The molecule has 0 aromatic heterocycles. The van der Waals surface area contributed by atoms with Crippen LogP contribution in [0.4, 0.5) is 0 Å². The van der Waals surface area contributed by atoms with Crippen LogP contribution in [0.15, 0.2) is 30.3 Å². The maximum Gasteiger partial charge on any atom is 0.338 e. The summed E-state index contributed by atoms with van der Waals surface area (Å²) in [6, 6.07) is 8.35. The van der Waals surface area contributed by atoms with Gasteiger partial charge in [-0.3, -0.25) is 19.2 Å². The standard InChI is InChI=1S/C35H46O12/c1-18-14-34(42)26(27(18)45-29(41)23-12-10-9-11-13-23)28(43-19(2)36)32(7)17-35(47-22(5)39)24(33(32,8)30(34)44-20(3)37)15-31(6,16-25(35)40)46-21(4)38/h9-13,18,24-28,30,40,42H,14-17H2,1-8H3. The van der Waals surface area contributed by atoms with E-state index in [0.717, 1.165) is 0 Å². The molecule has 12 unspecified atom stereocenters. The third kappa shape index (κ3) is 5.31. The van der Waals surface area contributed by atoms with Crippen molar-refractivity contribution >= 4 is 29.8 Å². The van der Waals surface area contributed by atoms with Gasteiger partial charge in [-0.15, -0.1) is 0 Å². The van der Waals surface area contributed by atoms with Gasteiger partial charge in [0.25, 0.3) is 0 Å². The second-order valence-corrected chi connectivity index (χ2v) is 14.9. The summed E-state index contributed by atoms with van der Waals surface area (Å²) in [7, 11) is 0. The zero-order chi connectivity index (χ0) is 34.9. The molecule has 1 aromatic carbocycles. The van der Waals surface area contributed by atoms with Gasteiger partial charge in [-0.05, 0) is 44.2 Å². The van der Waals surface area contributed by atoms with Crippen LogP contribution in [0.5, 0.6) is 0 Å². The summed E-state index contributed by atoms with van der Waals surface area (Å²) < 4.78 is 30.2. The number of carbonyl (C=O) groups excluding carboxylic acids is 5. The van der Waals surface area contributed by atoms with Crippen LogP contribution in [-0.2, 0) is 42.9 Å². The minimum Gasteiger partial charge on any atom is -0.461 e. The van der Waals surface area contributed by atoms with Crippen LogP contribution < -0.4 is 0 Å². The highest BCUT2D eigenvalue weighted by Gasteiger charge is 2.84. The van der Waals surface area contributed by atoms with Crippen molar-refractivity contribution in [3.63, 3.8) is 0 Å². The second-order valence-electron chi connectivity index (χ2n) is 14.9. The lowest BCUT2D eigenvalue weighted by molar-refractivity contribution is -0.290. The molecule has 4 aliphatic rings. The second kappa shape index (κ2) is 11.6. The van der Waals surface area contributed by atoms with Crippen molar-refractivity contribution in [1.29, 1.82) is 0 Å². The fourth-order valence-electron chi connectivity index (χ4n) is 10.2. The van der Waals surface area contributed by atoms with E-state index in [1.54, 1.807) is 58.0 Å². The molecular weight excluding hydrogens is 612 g/mol. The molecule has 4 aliphatic carbocycles. The molecule has 4 saturated carbocycles. The van der Waals surface area contributed by atoms with Crippen molar-refractivity contribution in [2.75, 3.05) is 0 Å². The Bertz CT molecular complexity index is 1460. The van der Waals surface area contributed by atoms with Crippen LogP contribution in [0.25, 0.3) is 0 Å². The van der Waals surface area contributed by atoms with Gasteiger partial charge >= 0.3 is 29.8 Å². The average Bonchev–Trinajstić information content (AvgIpc) is 3.30. The van der Waals surface area contributed by atoms with Gasteiger partial charge in [0.05, 0.1) is 17.6 Å². The minimum atomic E-state index is -1.91. The van der Waals surface area contributed by atoms with E-state index in [1.165, 1.54) is 27.7 Å². The molecular formula is C35H46O12. The molecule has 0 aliphatic heterocycles. The maximum absolute atomic E-state index is 13.4. The number of carbonyl (C=O) groups is 5. The molecule has 12 heteroatoms. The first kappa shape index (κ1) is 34.8. The number of fused-ring (bicyclic) bond motifs is 4. The predicted octanol–water partition coefficient (Wildman–Crippen LogP) is 3.29. The molecule has 0 spiro atoms. The lowest BCUT2D eigenvalue weighted by Gasteiger charge is -2.63. The molecule has 1 aromatic rings. The number of hydrogen-bond donors (Lipinski definition) is 2. The quantitative estimate of drug-likeness (QED) is 0.338. The number of hydrogen-bond acceptors (Lipinski definition) is 12. The molecule has 0 saturated heterocycles. The molecule has 12 atom stereocenters. The first-order valence-corrected chi connectivity index (χ1v) is 16.1. The minimum absolute atomic E-state index is 0.00281. The summed E-state index contributed by atoms with van der Waals surface area (Å²) in [5.74, 6) is -5.67. The highest BCUT2D eigenvalue weighted by molar-refractivity contribution is 5.89. The summed E-state index contributed by atoms with van der Waals surface area (Å²) in [5, 5.41) is 24.9. The maximum atomic E-state index is 13.4. The van der Waals surface area contributed by atoms with E-state index in [0.29, 0.717) is 0 Å². The Labute approximate surface area is 274 Å². The summed E-state index contributed by atoms with van der Waals surface area (Å²) >= 11 is 0. The predicted molar refractivity (Wildman–Crippen MR) is 163 cm³/mol. The molecule has 5 rings (SSSR count). The van der Waals surface area contributed by atoms with E-state index in [2.05, 4.69) is 0 Å². The van der Waals surface area contributed by atoms with Crippen LogP contribution in [0.1, 0.15) is 91.4 Å². The first-order chi connectivity index (χ1) is 21.7. The van der Waals surface area contributed by atoms with Crippen LogP contribution in [-0.4, -0.2) is 81.3 Å². The molecule has 47 heavy (non-hydrogen) atoms. The van der Waals surface area contributed by atoms with Crippen molar-refractivity contribution in [3.8, 4) is 0 Å². The highest BCUT2D eigenvalue weighted by atomic mass is 16.6. The van der Waals surface area contributed by atoms with Crippen LogP contribution in [0, 0.1) is 28.6 Å². The van der Waals surface area contributed by atoms with Crippen molar-refractivity contribution in [2.45, 2.75) is 122 Å². The van der Waals surface area contributed by atoms with E-state index in [4.69, 9.17) is 23.7 Å². The van der Waals surface area contributed by atoms with Crippen molar-refractivity contribution in [3.05, 3.63) is 35.9 Å². The zero-order valence-electron chi connectivity index (χ0n) is 28.2. The Kier molecular flexibility index (Phi) is 8.57. The lowest BCUT2D eigenvalue weighted by atomic mass is 9.46. The number of benzene rings is 1. The molecule has 0 bridgehead atoms. The Morgan fingerprint density at radius 1 is 0.787 bits per heavy atom. The average molecular weight is 659 g/mol. The number of aliphatic hydroxyl groups is 2. The molecule has 0 radical (unpaired) electrons. The van der Waals surface area contributed by atoms with E-state index in [1.807, 2.05) is 0 Å². The molecule has 12 nitrogen and oxygen atoms in total. The third-order valence-corrected chi connectivity index (χ3v) is 11.7. The van der Waals surface area contributed by atoms with Gasteiger partial charge in [0.2, 0.25) is 0 Å². The van der Waals surface area contributed by atoms with Gasteiger partial charge in [0.15, 0.2) is 0 Å². The zero-order valence-corrected chi connectivity index (χ0v) is 28.2. The summed E-state index contributed by atoms with van der Waals surface area (Å²) in [6.07, 6.45) is -4.88. The number of esters is 5. The Morgan fingerprint density at radius 2 is 1.38 bits per heavy atom. The number of aliphatic hydroxyl groups excluding tert-OH is 1. The normalized spacial score (nSPS) is 43.4. The lowest BCUT2D eigenvalue weighted by Crippen LogP contribution is -2.73. The highest BCUT2D eigenvalue weighted by Crippen LogP contribution is 2.76. The van der Waals surface area contributed by atoms with Gasteiger partial charge < -0.3 is 33.9 Å². The first-order valence-electron chi connectivity index (χ1n) is 16.1. The molecule has 0 heterocycles. The number of rotatable bonds is 6. The Balaban J connectivity index is 1.75. The summed E-state index contributed by atoms with van der Waals surface area (Å²) in [5.41, 5.74) is -7.07. The van der Waals surface area contributed by atoms with Crippen molar-refractivity contribution < 1.29 is 57.9 Å². The van der Waals surface area contributed by atoms with E-state index < -0.39 is 99.6 Å². The Morgan fingerprint density at radius 3 is 1.94 bits per heavy atom. The largest absolute Gasteiger partial charge is 0.461 e.